The highest BCUT2D eigenvalue weighted by Crippen LogP contribution is 2.67. The lowest BCUT2D eigenvalue weighted by molar-refractivity contribution is -0.150. The standard InChI is InChI=1S/C32H48O3/c1-20(7-12-30(34)35-29-18-21-5-4-6-22(29)17-21)26-10-11-27-25-9-8-23-19-24(33)13-15-31(23,2)28(25)14-16-32(26,27)3/h4,6,8,20-22,24-29,33H,5,7,9-19H2,1-3H3/t20-,21+,22+,24+,25-,26+,27-,28-,29+,31+,32-/m1/s1. The van der Waals surface area contributed by atoms with Gasteiger partial charge in [-0.15, -0.1) is 0 Å². The summed E-state index contributed by atoms with van der Waals surface area (Å²) in [6.45, 7) is 7.56. The van der Waals surface area contributed by atoms with Gasteiger partial charge in [0, 0.05) is 12.3 Å². The minimum Gasteiger partial charge on any atom is -0.462 e. The Balaban J connectivity index is 1.08. The summed E-state index contributed by atoms with van der Waals surface area (Å²) < 4.78 is 6.00. The number of aliphatic hydroxyl groups is 1. The molecule has 3 heteroatoms. The molecule has 6 rings (SSSR count). The van der Waals surface area contributed by atoms with Crippen LogP contribution in [0.15, 0.2) is 23.8 Å². The van der Waals surface area contributed by atoms with Gasteiger partial charge in [-0.25, -0.2) is 0 Å². The van der Waals surface area contributed by atoms with E-state index >= 15 is 0 Å². The molecule has 0 aromatic carbocycles. The van der Waals surface area contributed by atoms with E-state index in [1.54, 1.807) is 5.57 Å². The molecule has 6 aliphatic rings. The van der Waals surface area contributed by atoms with Gasteiger partial charge in [0.25, 0.3) is 0 Å². The minimum absolute atomic E-state index is 0.0450. The summed E-state index contributed by atoms with van der Waals surface area (Å²) in [5.74, 6) is 5.02. The van der Waals surface area contributed by atoms with Crippen LogP contribution in [-0.4, -0.2) is 23.3 Å². The molecule has 0 saturated heterocycles. The second kappa shape index (κ2) is 9.03. The normalized spacial score (nSPS) is 49.0. The number of carbonyl (C=O) groups is 1. The van der Waals surface area contributed by atoms with Crippen LogP contribution in [0.25, 0.3) is 0 Å². The van der Waals surface area contributed by atoms with Crippen molar-refractivity contribution in [2.24, 2.45) is 52.3 Å². The lowest BCUT2D eigenvalue weighted by atomic mass is 9.47. The fourth-order valence-electron chi connectivity index (χ4n) is 10.5. The van der Waals surface area contributed by atoms with Crippen molar-refractivity contribution in [3.8, 4) is 0 Å². The summed E-state index contributed by atoms with van der Waals surface area (Å²) in [5.41, 5.74) is 2.32. The fraction of sp³-hybridized carbons (Fsp3) is 0.844. The van der Waals surface area contributed by atoms with E-state index < -0.39 is 0 Å². The van der Waals surface area contributed by atoms with E-state index in [1.807, 2.05) is 0 Å². The molecule has 6 aliphatic carbocycles. The molecule has 4 saturated carbocycles. The van der Waals surface area contributed by atoms with Crippen molar-refractivity contribution in [2.75, 3.05) is 0 Å². The molecule has 0 radical (unpaired) electrons. The highest BCUT2D eigenvalue weighted by Gasteiger charge is 2.59. The number of hydrogen-bond acceptors (Lipinski definition) is 3. The van der Waals surface area contributed by atoms with Crippen molar-refractivity contribution in [1.29, 1.82) is 0 Å². The zero-order valence-corrected chi connectivity index (χ0v) is 22.4. The fourth-order valence-corrected chi connectivity index (χ4v) is 10.5. The van der Waals surface area contributed by atoms with Crippen molar-refractivity contribution < 1.29 is 14.6 Å². The molecule has 0 heterocycles. The molecule has 2 bridgehead atoms. The topological polar surface area (TPSA) is 46.5 Å². The Morgan fingerprint density at radius 3 is 2.80 bits per heavy atom. The summed E-state index contributed by atoms with van der Waals surface area (Å²) in [6, 6.07) is 0. The Morgan fingerprint density at radius 2 is 1.97 bits per heavy atom. The molecule has 3 nitrogen and oxygen atoms in total. The molecule has 0 unspecified atom stereocenters. The molecular formula is C32H48O3. The van der Waals surface area contributed by atoms with Gasteiger partial charge in [-0.2, -0.15) is 0 Å². The number of hydrogen-bond donors (Lipinski definition) is 1. The van der Waals surface area contributed by atoms with E-state index in [2.05, 4.69) is 39.0 Å². The average molecular weight is 481 g/mol. The lowest BCUT2D eigenvalue weighted by Gasteiger charge is -2.58. The van der Waals surface area contributed by atoms with E-state index in [9.17, 15) is 9.90 Å². The number of fused-ring (bicyclic) bond motifs is 7. The van der Waals surface area contributed by atoms with Gasteiger partial charge in [-0.05, 0) is 123 Å². The number of carbonyl (C=O) groups excluding carboxylic acids is 1. The van der Waals surface area contributed by atoms with Gasteiger partial charge in [0.05, 0.1) is 6.10 Å². The van der Waals surface area contributed by atoms with Crippen LogP contribution in [0.2, 0.25) is 0 Å². The molecule has 35 heavy (non-hydrogen) atoms. The first kappa shape index (κ1) is 24.3. The van der Waals surface area contributed by atoms with Crippen LogP contribution in [0.4, 0.5) is 0 Å². The predicted molar refractivity (Wildman–Crippen MR) is 139 cm³/mol. The van der Waals surface area contributed by atoms with Gasteiger partial charge in [0.1, 0.15) is 6.10 Å². The van der Waals surface area contributed by atoms with Gasteiger partial charge in [-0.3, -0.25) is 4.79 Å². The van der Waals surface area contributed by atoms with Gasteiger partial charge in [0.15, 0.2) is 0 Å². The highest BCUT2D eigenvalue weighted by atomic mass is 16.5. The van der Waals surface area contributed by atoms with Crippen molar-refractivity contribution in [2.45, 2.75) is 116 Å². The molecule has 0 spiro atoms. The SMILES string of the molecule is C[C@H](CCC(=O)O[C@H]1C[C@H]2CC=C[C@H]1C2)[C@@H]1CC[C@@H]2[C@H]3CC=C4C[C@@H](O)CC[C@]4(C)[C@@H]3CC[C@@]21C. The van der Waals surface area contributed by atoms with E-state index in [-0.39, 0.29) is 18.2 Å². The van der Waals surface area contributed by atoms with Crippen LogP contribution in [0.3, 0.4) is 0 Å². The zero-order chi connectivity index (χ0) is 24.4. The molecular weight excluding hydrogens is 432 g/mol. The first-order valence-corrected chi connectivity index (χ1v) is 15.0. The molecule has 0 aromatic rings. The third kappa shape index (κ3) is 4.07. The van der Waals surface area contributed by atoms with Crippen molar-refractivity contribution in [1.82, 2.24) is 0 Å². The maximum atomic E-state index is 12.8. The summed E-state index contributed by atoms with van der Waals surface area (Å²) in [6.07, 6.45) is 21.9. The predicted octanol–water partition coefficient (Wildman–Crippen LogP) is 7.24. The van der Waals surface area contributed by atoms with Gasteiger partial charge >= 0.3 is 5.97 Å². The first-order valence-electron chi connectivity index (χ1n) is 15.0. The first-order chi connectivity index (χ1) is 16.8. The molecule has 0 amide bonds. The Kier molecular flexibility index (Phi) is 6.26. The van der Waals surface area contributed by atoms with Crippen LogP contribution < -0.4 is 0 Å². The Bertz CT molecular complexity index is 889. The van der Waals surface area contributed by atoms with Crippen LogP contribution in [-0.2, 0) is 9.53 Å². The summed E-state index contributed by atoms with van der Waals surface area (Å²) in [5, 5.41) is 10.3. The van der Waals surface area contributed by atoms with Crippen LogP contribution in [0, 0.1) is 52.3 Å². The molecule has 0 aromatic heterocycles. The smallest absolute Gasteiger partial charge is 0.306 e. The largest absolute Gasteiger partial charge is 0.462 e. The van der Waals surface area contributed by atoms with E-state index in [0.29, 0.717) is 29.1 Å². The second-order valence-electron chi connectivity index (χ2n) is 14.1. The average Bonchev–Trinajstić information content (AvgIpc) is 3.33. The number of rotatable bonds is 5. The third-order valence-electron chi connectivity index (χ3n) is 12.4. The summed E-state index contributed by atoms with van der Waals surface area (Å²) in [7, 11) is 0. The Hall–Kier alpha value is -1.09. The van der Waals surface area contributed by atoms with E-state index in [0.717, 1.165) is 55.3 Å². The number of esters is 1. The van der Waals surface area contributed by atoms with Crippen LogP contribution in [0.1, 0.15) is 104 Å². The highest BCUT2D eigenvalue weighted by molar-refractivity contribution is 5.69. The Labute approximate surface area is 213 Å². The molecule has 1 N–H and O–H groups in total. The molecule has 194 valence electrons. The number of aliphatic hydroxyl groups excluding tert-OH is 1. The third-order valence-corrected chi connectivity index (χ3v) is 12.4. The van der Waals surface area contributed by atoms with Crippen LogP contribution >= 0.6 is 0 Å². The van der Waals surface area contributed by atoms with Crippen LogP contribution in [0.5, 0.6) is 0 Å². The number of allylic oxidation sites excluding steroid dienone is 2. The minimum atomic E-state index is -0.118. The summed E-state index contributed by atoms with van der Waals surface area (Å²) >= 11 is 0. The van der Waals surface area contributed by atoms with Crippen molar-refractivity contribution >= 4 is 5.97 Å². The van der Waals surface area contributed by atoms with Gasteiger partial charge in [-0.1, -0.05) is 44.6 Å². The van der Waals surface area contributed by atoms with Crippen molar-refractivity contribution in [3.05, 3.63) is 23.8 Å². The van der Waals surface area contributed by atoms with Crippen molar-refractivity contribution in [3.63, 3.8) is 0 Å². The van der Waals surface area contributed by atoms with Gasteiger partial charge < -0.3 is 9.84 Å². The van der Waals surface area contributed by atoms with Gasteiger partial charge in [0.2, 0.25) is 0 Å². The summed E-state index contributed by atoms with van der Waals surface area (Å²) in [4.78, 5) is 12.8. The maximum absolute atomic E-state index is 12.8. The number of ether oxygens (including phenoxy) is 1. The second-order valence-corrected chi connectivity index (χ2v) is 14.1. The zero-order valence-electron chi connectivity index (χ0n) is 22.4. The molecule has 4 fully saturated rings. The quantitative estimate of drug-likeness (QED) is 0.333. The monoisotopic (exact) mass is 480 g/mol. The lowest BCUT2D eigenvalue weighted by Crippen LogP contribution is -2.50. The van der Waals surface area contributed by atoms with E-state index in [4.69, 9.17) is 4.74 Å². The Morgan fingerprint density at radius 1 is 1.11 bits per heavy atom. The molecule has 0 aliphatic heterocycles. The van der Waals surface area contributed by atoms with E-state index in [1.165, 1.54) is 51.4 Å². The maximum Gasteiger partial charge on any atom is 0.306 e. The molecule has 11 atom stereocenters.